The number of anilines is 1. The van der Waals surface area contributed by atoms with Gasteiger partial charge in [-0.25, -0.2) is 0 Å². The number of carbonyl (C=O) groups is 1. The quantitative estimate of drug-likeness (QED) is 0.714. The largest absolute Gasteiger partial charge is 0.372 e. The molecule has 0 amide bonds. The fourth-order valence-electron chi connectivity index (χ4n) is 1.47. The molecule has 0 aromatic heterocycles. The highest BCUT2D eigenvalue weighted by atomic mass is 35.5. The molecule has 0 N–H and O–H groups in total. The van der Waals surface area contributed by atoms with Gasteiger partial charge in [0.15, 0.2) is 6.29 Å². The van der Waals surface area contributed by atoms with Crippen LogP contribution in [0, 0.1) is 0 Å². The van der Waals surface area contributed by atoms with E-state index < -0.39 is 0 Å². The molecule has 0 aliphatic heterocycles. The fourth-order valence-corrected chi connectivity index (χ4v) is 1.65. The topological polar surface area (TPSA) is 20.3 Å². The molecule has 0 atom stereocenters. The van der Waals surface area contributed by atoms with Gasteiger partial charge >= 0.3 is 0 Å². The van der Waals surface area contributed by atoms with Crippen LogP contribution in [0.5, 0.6) is 0 Å². The number of benzene rings is 1. The molecule has 1 aromatic carbocycles. The number of hydrogen-bond donors (Lipinski definition) is 0. The van der Waals surface area contributed by atoms with Crippen molar-refractivity contribution in [2.75, 3.05) is 18.0 Å². The van der Waals surface area contributed by atoms with Gasteiger partial charge in [0.25, 0.3) is 0 Å². The van der Waals surface area contributed by atoms with E-state index in [-0.39, 0.29) is 0 Å². The average molecular weight is 212 g/mol. The van der Waals surface area contributed by atoms with Crippen molar-refractivity contribution in [2.45, 2.75) is 13.8 Å². The fraction of sp³-hybridized carbons (Fsp3) is 0.364. The van der Waals surface area contributed by atoms with E-state index in [1.54, 1.807) is 6.07 Å². The van der Waals surface area contributed by atoms with E-state index in [0.717, 1.165) is 25.1 Å². The predicted octanol–water partition coefficient (Wildman–Crippen LogP) is 3.00. The van der Waals surface area contributed by atoms with Crippen LogP contribution in [0.2, 0.25) is 5.02 Å². The lowest BCUT2D eigenvalue weighted by molar-refractivity contribution is 0.112. The maximum atomic E-state index is 10.8. The van der Waals surface area contributed by atoms with Gasteiger partial charge in [0, 0.05) is 29.4 Å². The van der Waals surface area contributed by atoms with Crippen LogP contribution in [-0.2, 0) is 0 Å². The maximum absolute atomic E-state index is 10.8. The molecule has 3 heteroatoms. The molecule has 1 rings (SSSR count). The molecule has 1 aromatic rings. The number of carbonyl (C=O) groups excluding carboxylic acids is 1. The summed E-state index contributed by atoms with van der Waals surface area (Å²) in [6.45, 7) is 5.90. The van der Waals surface area contributed by atoms with Crippen molar-refractivity contribution >= 4 is 23.6 Å². The third kappa shape index (κ3) is 2.26. The Morgan fingerprint density at radius 1 is 1.36 bits per heavy atom. The summed E-state index contributed by atoms with van der Waals surface area (Å²) in [7, 11) is 0. The Balaban J connectivity index is 3.12. The number of halogens is 1. The smallest absolute Gasteiger partial charge is 0.152 e. The van der Waals surface area contributed by atoms with Crippen LogP contribution in [-0.4, -0.2) is 19.4 Å². The molecule has 0 heterocycles. The Bertz CT molecular complexity index is 321. The number of aldehydes is 1. The van der Waals surface area contributed by atoms with E-state index in [2.05, 4.69) is 18.7 Å². The lowest BCUT2D eigenvalue weighted by atomic mass is 10.1. The summed E-state index contributed by atoms with van der Waals surface area (Å²) >= 11 is 5.81. The molecular weight excluding hydrogens is 198 g/mol. The summed E-state index contributed by atoms with van der Waals surface area (Å²) in [6.07, 6.45) is 0.847. The van der Waals surface area contributed by atoms with Gasteiger partial charge in [-0.2, -0.15) is 0 Å². The SMILES string of the molecule is CCN(CC)c1ccc(Cl)cc1C=O. The molecule has 0 fully saturated rings. The second-order valence-electron chi connectivity index (χ2n) is 2.99. The molecule has 0 aliphatic carbocycles. The minimum atomic E-state index is 0.600. The molecule has 14 heavy (non-hydrogen) atoms. The zero-order chi connectivity index (χ0) is 10.6. The highest BCUT2D eigenvalue weighted by Gasteiger charge is 2.07. The van der Waals surface area contributed by atoms with Gasteiger partial charge < -0.3 is 4.90 Å². The van der Waals surface area contributed by atoms with Crippen LogP contribution >= 0.6 is 11.6 Å². The summed E-state index contributed by atoms with van der Waals surface area (Å²) in [5.41, 5.74) is 1.61. The van der Waals surface area contributed by atoms with Crippen molar-refractivity contribution in [2.24, 2.45) is 0 Å². The van der Waals surface area contributed by atoms with E-state index in [1.165, 1.54) is 0 Å². The average Bonchev–Trinajstić information content (AvgIpc) is 2.21. The molecule has 0 unspecified atom stereocenters. The molecule has 0 saturated heterocycles. The molecule has 76 valence electrons. The highest BCUT2D eigenvalue weighted by molar-refractivity contribution is 6.31. The highest BCUT2D eigenvalue weighted by Crippen LogP contribution is 2.22. The Labute approximate surface area is 89.5 Å². The summed E-state index contributed by atoms with van der Waals surface area (Å²) in [5.74, 6) is 0. The first-order chi connectivity index (χ1) is 6.72. The maximum Gasteiger partial charge on any atom is 0.152 e. The normalized spacial score (nSPS) is 9.93. The first kappa shape index (κ1) is 11.1. The number of hydrogen-bond acceptors (Lipinski definition) is 2. The molecular formula is C11H14ClNO. The number of rotatable bonds is 4. The van der Waals surface area contributed by atoms with E-state index in [4.69, 9.17) is 11.6 Å². The summed E-state index contributed by atoms with van der Waals surface area (Å²) in [4.78, 5) is 13.0. The second kappa shape index (κ2) is 5.01. The minimum absolute atomic E-state index is 0.600. The van der Waals surface area contributed by atoms with Crippen molar-refractivity contribution in [3.8, 4) is 0 Å². The molecule has 0 bridgehead atoms. The second-order valence-corrected chi connectivity index (χ2v) is 3.43. The Kier molecular flexibility index (Phi) is 3.96. The van der Waals surface area contributed by atoms with Crippen LogP contribution in [0.4, 0.5) is 5.69 Å². The van der Waals surface area contributed by atoms with Crippen molar-refractivity contribution in [3.63, 3.8) is 0 Å². The van der Waals surface area contributed by atoms with Gasteiger partial charge in [-0.15, -0.1) is 0 Å². The van der Waals surface area contributed by atoms with Gasteiger partial charge in [-0.3, -0.25) is 4.79 Å². The molecule has 0 spiro atoms. The lowest BCUT2D eigenvalue weighted by Gasteiger charge is -2.22. The Morgan fingerprint density at radius 3 is 2.50 bits per heavy atom. The van der Waals surface area contributed by atoms with E-state index in [9.17, 15) is 4.79 Å². The Morgan fingerprint density at radius 2 is 2.00 bits per heavy atom. The molecule has 0 radical (unpaired) electrons. The van der Waals surface area contributed by atoms with Crippen molar-refractivity contribution in [3.05, 3.63) is 28.8 Å². The van der Waals surface area contributed by atoms with Gasteiger partial charge in [0.05, 0.1) is 0 Å². The van der Waals surface area contributed by atoms with Gasteiger partial charge in [0.2, 0.25) is 0 Å². The van der Waals surface area contributed by atoms with Crippen LogP contribution in [0.15, 0.2) is 18.2 Å². The standard InChI is InChI=1S/C11H14ClNO/c1-3-13(4-2)11-6-5-10(12)7-9(11)8-14/h5-8H,3-4H2,1-2H3. The van der Waals surface area contributed by atoms with Gasteiger partial charge in [-0.1, -0.05) is 11.6 Å². The van der Waals surface area contributed by atoms with E-state index in [0.29, 0.717) is 10.6 Å². The first-order valence-corrected chi connectivity index (χ1v) is 5.10. The zero-order valence-corrected chi connectivity index (χ0v) is 9.21. The summed E-state index contributed by atoms with van der Waals surface area (Å²) in [6, 6.07) is 5.39. The monoisotopic (exact) mass is 211 g/mol. The van der Waals surface area contributed by atoms with Gasteiger partial charge in [-0.05, 0) is 32.0 Å². The van der Waals surface area contributed by atoms with E-state index >= 15 is 0 Å². The van der Waals surface area contributed by atoms with Crippen LogP contribution in [0.1, 0.15) is 24.2 Å². The Hall–Kier alpha value is -1.02. The first-order valence-electron chi connectivity index (χ1n) is 4.72. The predicted molar refractivity (Wildman–Crippen MR) is 60.4 cm³/mol. The van der Waals surface area contributed by atoms with Crippen molar-refractivity contribution in [1.29, 1.82) is 0 Å². The number of nitrogens with zero attached hydrogens (tertiary/aromatic N) is 1. The van der Waals surface area contributed by atoms with Crippen LogP contribution in [0.3, 0.4) is 0 Å². The van der Waals surface area contributed by atoms with E-state index in [1.807, 2.05) is 12.1 Å². The van der Waals surface area contributed by atoms with Crippen LogP contribution < -0.4 is 4.90 Å². The van der Waals surface area contributed by atoms with Crippen molar-refractivity contribution < 1.29 is 4.79 Å². The van der Waals surface area contributed by atoms with Gasteiger partial charge in [0.1, 0.15) is 0 Å². The summed E-state index contributed by atoms with van der Waals surface area (Å²) in [5, 5.41) is 0.600. The lowest BCUT2D eigenvalue weighted by Crippen LogP contribution is -2.23. The zero-order valence-electron chi connectivity index (χ0n) is 8.46. The molecule has 0 saturated carbocycles. The van der Waals surface area contributed by atoms with Crippen molar-refractivity contribution in [1.82, 2.24) is 0 Å². The third-order valence-corrected chi connectivity index (χ3v) is 2.46. The summed E-state index contributed by atoms with van der Waals surface area (Å²) < 4.78 is 0. The minimum Gasteiger partial charge on any atom is -0.372 e. The molecule has 2 nitrogen and oxygen atoms in total. The third-order valence-electron chi connectivity index (χ3n) is 2.22. The van der Waals surface area contributed by atoms with Crippen LogP contribution in [0.25, 0.3) is 0 Å². The molecule has 0 aliphatic rings.